The minimum Gasteiger partial charge on any atom is -0.382 e. The van der Waals surface area contributed by atoms with Crippen molar-refractivity contribution in [2.75, 3.05) is 0 Å². The predicted molar refractivity (Wildman–Crippen MR) is 39.7 cm³/mol. The zero-order valence-electron chi connectivity index (χ0n) is 5.61. The van der Waals surface area contributed by atoms with Crippen LogP contribution in [-0.2, 0) is 0 Å². The molecule has 1 rings (SSSR count). The Morgan fingerprint density at radius 3 is 3.00 bits per heavy atom. The highest BCUT2D eigenvalue weighted by atomic mass is 32.1. The number of aliphatic hydroxyl groups excluding tert-OH is 1. The number of nitrogens with zero attached hydrogens (tertiary/aromatic N) is 2. The molecule has 0 spiro atoms. The van der Waals surface area contributed by atoms with E-state index in [-0.39, 0.29) is 0 Å². The van der Waals surface area contributed by atoms with Crippen LogP contribution < -0.4 is 0 Å². The van der Waals surface area contributed by atoms with Gasteiger partial charge in [-0.25, -0.2) is 0 Å². The molecule has 0 aliphatic rings. The smallest absolute Gasteiger partial charge is 0.119 e. The van der Waals surface area contributed by atoms with Crippen LogP contribution in [0.5, 0.6) is 0 Å². The molecule has 0 saturated heterocycles. The first-order valence-electron chi connectivity index (χ1n) is 2.82. The first kappa shape index (κ1) is 7.37. The van der Waals surface area contributed by atoms with Gasteiger partial charge in [0.2, 0.25) is 0 Å². The van der Waals surface area contributed by atoms with Crippen LogP contribution in [0.25, 0.3) is 0 Å². The van der Waals surface area contributed by atoms with Crippen LogP contribution >= 0.6 is 11.7 Å². The van der Waals surface area contributed by atoms with Crippen LogP contribution in [0.15, 0.2) is 18.3 Å². The Kier molecular flexibility index (Phi) is 2.13. The third-order valence-corrected chi connectivity index (χ3v) is 1.62. The van der Waals surface area contributed by atoms with Crippen molar-refractivity contribution in [1.82, 2.24) is 8.75 Å². The molecule has 1 N–H and O–H groups in total. The highest BCUT2D eigenvalue weighted by molar-refractivity contribution is 6.99. The number of hydrogen-bond acceptors (Lipinski definition) is 4. The third-order valence-electron chi connectivity index (χ3n) is 1.13. The summed E-state index contributed by atoms with van der Waals surface area (Å²) in [6.45, 7) is 5.35. The van der Waals surface area contributed by atoms with Gasteiger partial charge >= 0.3 is 0 Å². The summed E-state index contributed by atoms with van der Waals surface area (Å²) < 4.78 is 7.61. The van der Waals surface area contributed by atoms with Crippen molar-refractivity contribution in [1.29, 1.82) is 0 Å². The van der Waals surface area contributed by atoms with E-state index in [1.54, 1.807) is 13.1 Å². The topological polar surface area (TPSA) is 46.0 Å². The van der Waals surface area contributed by atoms with Gasteiger partial charge in [-0.2, -0.15) is 8.75 Å². The SMILES string of the molecule is C=C(C)C(O)c1cnsn1. The maximum atomic E-state index is 9.29. The molecule has 0 bridgehead atoms. The highest BCUT2D eigenvalue weighted by Crippen LogP contribution is 2.16. The third kappa shape index (κ3) is 1.40. The van der Waals surface area contributed by atoms with Crippen molar-refractivity contribution in [2.24, 2.45) is 0 Å². The van der Waals surface area contributed by atoms with Gasteiger partial charge in [0, 0.05) is 0 Å². The Morgan fingerprint density at radius 1 is 1.90 bits per heavy atom. The molecule has 3 nitrogen and oxygen atoms in total. The van der Waals surface area contributed by atoms with Gasteiger partial charge < -0.3 is 5.11 Å². The molecule has 0 aliphatic heterocycles. The molecule has 1 atom stereocenters. The zero-order chi connectivity index (χ0) is 7.56. The standard InChI is InChI=1S/C6H8N2OS/c1-4(2)6(9)5-3-7-10-8-5/h3,6,9H,1H2,2H3. The van der Waals surface area contributed by atoms with Crippen molar-refractivity contribution < 1.29 is 5.11 Å². The van der Waals surface area contributed by atoms with Gasteiger partial charge in [-0.3, -0.25) is 0 Å². The Bertz CT molecular complexity index is 220. The van der Waals surface area contributed by atoms with E-state index in [1.807, 2.05) is 0 Å². The van der Waals surface area contributed by atoms with Crippen LogP contribution in [0.4, 0.5) is 0 Å². The fraction of sp³-hybridized carbons (Fsp3) is 0.333. The Balaban J connectivity index is 2.77. The van der Waals surface area contributed by atoms with Crippen molar-refractivity contribution in [2.45, 2.75) is 13.0 Å². The zero-order valence-corrected chi connectivity index (χ0v) is 6.43. The van der Waals surface area contributed by atoms with E-state index in [4.69, 9.17) is 0 Å². The molecule has 0 fully saturated rings. The van der Waals surface area contributed by atoms with Crippen LogP contribution in [0.2, 0.25) is 0 Å². The van der Waals surface area contributed by atoms with Gasteiger partial charge in [0.25, 0.3) is 0 Å². The summed E-state index contributed by atoms with van der Waals surface area (Å²) in [5.74, 6) is 0. The minimum absolute atomic E-state index is 0.581. The molecule has 4 heteroatoms. The summed E-state index contributed by atoms with van der Waals surface area (Å²) in [6.07, 6.45) is 0.892. The Hall–Kier alpha value is -0.740. The fourth-order valence-electron chi connectivity index (χ4n) is 0.545. The maximum Gasteiger partial charge on any atom is 0.119 e. The Morgan fingerprint density at radius 2 is 2.60 bits per heavy atom. The molecule has 1 heterocycles. The lowest BCUT2D eigenvalue weighted by molar-refractivity contribution is 0.212. The van der Waals surface area contributed by atoms with Crippen molar-refractivity contribution in [3.05, 3.63) is 24.0 Å². The van der Waals surface area contributed by atoms with E-state index in [9.17, 15) is 5.11 Å². The summed E-state index contributed by atoms with van der Waals surface area (Å²) in [5.41, 5.74) is 1.27. The van der Waals surface area contributed by atoms with Crippen molar-refractivity contribution >= 4 is 11.7 Å². The van der Waals surface area contributed by atoms with Gasteiger partial charge in [0.1, 0.15) is 11.8 Å². The second-order valence-electron chi connectivity index (χ2n) is 2.08. The van der Waals surface area contributed by atoms with E-state index >= 15 is 0 Å². The van der Waals surface area contributed by atoms with Gasteiger partial charge in [0.05, 0.1) is 17.9 Å². The van der Waals surface area contributed by atoms with Crippen molar-refractivity contribution in [3.63, 3.8) is 0 Å². The molecule has 1 unspecified atom stereocenters. The minimum atomic E-state index is -0.654. The lowest BCUT2D eigenvalue weighted by Gasteiger charge is -2.03. The molecule has 0 radical (unpaired) electrons. The average Bonchev–Trinajstić information content (AvgIpc) is 2.36. The lowest BCUT2D eigenvalue weighted by Crippen LogP contribution is -1.96. The predicted octanol–water partition coefficient (Wildman–Crippen LogP) is 1.15. The molecule has 1 aromatic heterocycles. The summed E-state index contributed by atoms with van der Waals surface area (Å²) in [4.78, 5) is 0. The van der Waals surface area contributed by atoms with Crippen LogP contribution in [0.3, 0.4) is 0 Å². The summed E-state index contributed by atoms with van der Waals surface area (Å²) in [5, 5.41) is 9.29. The molecule has 10 heavy (non-hydrogen) atoms. The molecule has 0 saturated carbocycles. The second-order valence-corrected chi connectivity index (χ2v) is 2.64. The van der Waals surface area contributed by atoms with Gasteiger partial charge in [0.15, 0.2) is 0 Å². The average molecular weight is 156 g/mol. The molecular weight excluding hydrogens is 148 g/mol. The van der Waals surface area contributed by atoms with Gasteiger partial charge in [-0.15, -0.1) is 0 Å². The largest absolute Gasteiger partial charge is 0.382 e. The first-order chi connectivity index (χ1) is 4.72. The fourth-order valence-corrected chi connectivity index (χ4v) is 0.988. The molecule has 0 aliphatic carbocycles. The Labute approximate surface area is 63.4 Å². The highest BCUT2D eigenvalue weighted by Gasteiger charge is 2.09. The number of hydrogen-bond donors (Lipinski definition) is 1. The van der Waals surface area contributed by atoms with Gasteiger partial charge in [-0.05, 0) is 12.5 Å². The van der Waals surface area contributed by atoms with Crippen LogP contribution in [0, 0.1) is 0 Å². The normalized spacial score (nSPS) is 13.0. The summed E-state index contributed by atoms with van der Waals surface area (Å²) >= 11 is 1.08. The summed E-state index contributed by atoms with van der Waals surface area (Å²) in [7, 11) is 0. The van der Waals surface area contributed by atoms with E-state index in [2.05, 4.69) is 15.3 Å². The number of aliphatic hydroxyl groups is 1. The first-order valence-corrected chi connectivity index (χ1v) is 3.56. The molecule has 1 aromatic rings. The lowest BCUT2D eigenvalue weighted by atomic mass is 10.1. The van der Waals surface area contributed by atoms with Crippen LogP contribution in [-0.4, -0.2) is 13.9 Å². The quantitative estimate of drug-likeness (QED) is 0.653. The maximum absolute atomic E-state index is 9.29. The summed E-state index contributed by atoms with van der Waals surface area (Å²) in [6, 6.07) is 0. The number of rotatable bonds is 2. The molecule has 0 amide bonds. The molecule has 0 aromatic carbocycles. The van der Waals surface area contributed by atoms with Gasteiger partial charge in [-0.1, -0.05) is 6.58 Å². The van der Waals surface area contributed by atoms with Crippen molar-refractivity contribution in [3.8, 4) is 0 Å². The molecular formula is C6H8N2OS. The van der Waals surface area contributed by atoms with E-state index in [1.165, 1.54) is 0 Å². The van der Waals surface area contributed by atoms with E-state index in [0.717, 1.165) is 11.7 Å². The van der Waals surface area contributed by atoms with Crippen LogP contribution in [0.1, 0.15) is 18.7 Å². The monoisotopic (exact) mass is 156 g/mol. The number of aromatic nitrogens is 2. The second kappa shape index (κ2) is 2.90. The van der Waals surface area contributed by atoms with E-state index < -0.39 is 6.10 Å². The molecule has 54 valence electrons. The van der Waals surface area contributed by atoms with E-state index in [0.29, 0.717) is 11.3 Å².